The summed E-state index contributed by atoms with van der Waals surface area (Å²) in [5.41, 5.74) is 1.89. The molecule has 1 N–H and O–H groups in total. The molecule has 1 atom stereocenters. The van der Waals surface area contributed by atoms with E-state index in [0.717, 1.165) is 15.7 Å². The van der Waals surface area contributed by atoms with E-state index in [1.54, 1.807) is 6.26 Å². The van der Waals surface area contributed by atoms with Crippen LogP contribution in [0.15, 0.2) is 39.4 Å². The summed E-state index contributed by atoms with van der Waals surface area (Å²) in [7, 11) is 1.90. The molecular weight excluding hydrogens is 268 g/mol. The molecular formula is C12H13BrN2O. The lowest BCUT2D eigenvalue weighted by atomic mass is 10.2. The Labute approximate surface area is 103 Å². The van der Waals surface area contributed by atoms with Crippen molar-refractivity contribution in [2.45, 2.75) is 13.0 Å². The van der Waals surface area contributed by atoms with Crippen LogP contribution in [-0.2, 0) is 0 Å². The van der Waals surface area contributed by atoms with Crippen molar-refractivity contribution in [3.63, 3.8) is 0 Å². The van der Waals surface area contributed by atoms with Gasteiger partial charge in [-0.2, -0.15) is 0 Å². The van der Waals surface area contributed by atoms with Gasteiger partial charge in [0.05, 0.1) is 5.69 Å². The van der Waals surface area contributed by atoms with Crippen LogP contribution < -0.4 is 5.32 Å². The van der Waals surface area contributed by atoms with E-state index in [9.17, 15) is 0 Å². The molecule has 1 aromatic carbocycles. The van der Waals surface area contributed by atoms with Crippen molar-refractivity contribution in [2.75, 3.05) is 7.05 Å². The average molecular weight is 281 g/mol. The fourth-order valence-electron chi connectivity index (χ4n) is 1.39. The standard InChI is InChI=1S/C12H13BrN2O/c1-8(14-2)11-7-16-12(15-11)9-4-3-5-10(13)6-9/h3-8,14H,1-2H3. The molecule has 1 heterocycles. The Bertz CT molecular complexity index is 481. The van der Waals surface area contributed by atoms with Crippen LogP contribution in [-0.4, -0.2) is 12.0 Å². The Morgan fingerprint density at radius 2 is 2.25 bits per heavy atom. The van der Waals surface area contributed by atoms with E-state index in [4.69, 9.17) is 4.42 Å². The molecule has 2 rings (SSSR count). The van der Waals surface area contributed by atoms with Crippen LogP contribution >= 0.6 is 15.9 Å². The van der Waals surface area contributed by atoms with Crippen LogP contribution in [0, 0.1) is 0 Å². The molecule has 0 aliphatic carbocycles. The minimum absolute atomic E-state index is 0.199. The van der Waals surface area contributed by atoms with Gasteiger partial charge in [0.15, 0.2) is 0 Å². The number of halogens is 1. The fraction of sp³-hybridized carbons (Fsp3) is 0.250. The molecule has 0 bridgehead atoms. The zero-order valence-electron chi connectivity index (χ0n) is 9.20. The van der Waals surface area contributed by atoms with Gasteiger partial charge in [0.1, 0.15) is 6.26 Å². The molecule has 84 valence electrons. The van der Waals surface area contributed by atoms with E-state index >= 15 is 0 Å². The quantitative estimate of drug-likeness (QED) is 0.937. The maximum atomic E-state index is 5.46. The zero-order valence-corrected chi connectivity index (χ0v) is 10.8. The lowest BCUT2D eigenvalue weighted by Crippen LogP contribution is -2.12. The summed E-state index contributed by atoms with van der Waals surface area (Å²) in [6, 6.07) is 8.10. The summed E-state index contributed by atoms with van der Waals surface area (Å²) in [6.45, 7) is 2.04. The molecule has 0 spiro atoms. The van der Waals surface area contributed by atoms with E-state index in [0.29, 0.717) is 5.89 Å². The first-order valence-corrected chi connectivity index (χ1v) is 5.88. The molecule has 0 radical (unpaired) electrons. The molecule has 0 saturated heterocycles. The number of oxazole rings is 1. The van der Waals surface area contributed by atoms with Crippen molar-refractivity contribution in [3.05, 3.63) is 40.7 Å². The Balaban J connectivity index is 2.31. The number of aromatic nitrogens is 1. The van der Waals surface area contributed by atoms with Crippen molar-refractivity contribution in [1.29, 1.82) is 0 Å². The van der Waals surface area contributed by atoms with Gasteiger partial charge in [-0.1, -0.05) is 22.0 Å². The number of benzene rings is 1. The van der Waals surface area contributed by atoms with Crippen LogP contribution in [0.25, 0.3) is 11.5 Å². The highest BCUT2D eigenvalue weighted by molar-refractivity contribution is 9.10. The summed E-state index contributed by atoms with van der Waals surface area (Å²) in [5, 5.41) is 3.13. The molecule has 0 aliphatic rings. The van der Waals surface area contributed by atoms with Gasteiger partial charge in [-0.15, -0.1) is 0 Å². The van der Waals surface area contributed by atoms with Crippen molar-refractivity contribution in [3.8, 4) is 11.5 Å². The Kier molecular flexibility index (Phi) is 3.41. The first-order chi connectivity index (χ1) is 7.70. The van der Waals surface area contributed by atoms with E-state index in [1.165, 1.54) is 0 Å². The Hall–Kier alpha value is -1.13. The highest BCUT2D eigenvalue weighted by Gasteiger charge is 2.10. The van der Waals surface area contributed by atoms with E-state index in [1.807, 2.05) is 38.2 Å². The minimum Gasteiger partial charge on any atom is -0.444 e. The smallest absolute Gasteiger partial charge is 0.226 e. The van der Waals surface area contributed by atoms with Gasteiger partial charge in [0.25, 0.3) is 0 Å². The van der Waals surface area contributed by atoms with Crippen LogP contribution in [0.5, 0.6) is 0 Å². The predicted molar refractivity (Wildman–Crippen MR) is 67.1 cm³/mol. The lowest BCUT2D eigenvalue weighted by molar-refractivity contribution is 0.564. The minimum atomic E-state index is 0.199. The zero-order chi connectivity index (χ0) is 11.5. The largest absolute Gasteiger partial charge is 0.444 e. The summed E-state index contributed by atoms with van der Waals surface area (Å²) in [6.07, 6.45) is 1.69. The molecule has 3 nitrogen and oxygen atoms in total. The van der Waals surface area contributed by atoms with Gasteiger partial charge in [-0.25, -0.2) is 4.98 Å². The average Bonchev–Trinajstić information content (AvgIpc) is 2.77. The van der Waals surface area contributed by atoms with Gasteiger partial charge < -0.3 is 9.73 Å². The highest BCUT2D eigenvalue weighted by atomic mass is 79.9. The van der Waals surface area contributed by atoms with Crippen molar-refractivity contribution >= 4 is 15.9 Å². The summed E-state index contributed by atoms with van der Waals surface area (Å²) in [4.78, 5) is 4.44. The third-order valence-electron chi connectivity index (χ3n) is 2.47. The normalized spacial score (nSPS) is 12.7. The molecule has 0 amide bonds. The molecule has 2 aromatic rings. The van der Waals surface area contributed by atoms with Crippen molar-refractivity contribution in [2.24, 2.45) is 0 Å². The van der Waals surface area contributed by atoms with Crippen molar-refractivity contribution in [1.82, 2.24) is 10.3 Å². The Morgan fingerprint density at radius 1 is 1.44 bits per heavy atom. The third-order valence-corrected chi connectivity index (χ3v) is 2.96. The van der Waals surface area contributed by atoms with Gasteiger partial charge in [0, 0.05) is 16.1 Å². The molecule has 0 saturated carbocycles. The van der Waals surface area contributed by atoms with Gasteiger partial charge in [-0.05, 0) is 32.2 Å². The van der Waals surface area contributed by atoms with Crippen LogP contribution in [0.3, 0.4) is 0 Å². The molecule has 0 aliphatic heterocycles. The fourth-order valence-corrected chi connectivity index (χ4v) is 1.79. The molecule has 1 aromatic heterocycles. The predicted octanol–water partition coefficient (Wildman–Crippen LogP) is 3.38. The summed E-state index contributed by atoms with van der Waals surface area (Å²) >= 11 is 3.43. The SMILES string of the molecule is CNC(C)c1coc(-c2cccc(Br)c2)n1. The third kappa shape index (κ3) is 2.33. The van der Waals surface area contributed by atoms with E-state index in [2.05, 4.69) is 26.2 Å². The second-order valence-electron chi connectivity index (χ2n) is 3.60. The summed E-state index contributed by atoms with van der Waals surface area (Å²) < 4.78 is 6.48. The monoisotopic (exact) mass is 280 g/mol. The van der Waals surface area contributed by atoms with Gasteiger partial charge in [-0.3, -0.25) is 0 Å². The topological polar surface area (TPSA) is 38.1 Å². The second kappa shape index (κ2) is 4.80. The van der Waals surface area contributed by atoms with Crippen molar-refractivity contribution < 1.29 is 4.42 Å². The first kappa shape index (κ1) is 11.4. The molecule has 4 heteroatoms. The number of nitrogens with zero attached hydrogens (tertiary/aromatic N) is 1. The number of hydrogen-bond donors (Lipinski definition) is 1. The van der Waals surface area contributed by atoms with Crippen LogP contribution in [0.1, 0.15) is 18.7 Å². The van der Waals surface area contributed by atoms with Gasteiger partial charge in [0.2, 0.25) is 5.89 Å². The van der Waals surface area contributed by atoms with Crippen LogP contribution in [0.2, 0.25) is 0 Å². The maximum absolute atomic E-state index is 5.46. The maximum Gasteiger partial charge on any atom is 0.226 e. The number of nitrogens with one attached hydrogen (secondary N) is 1. The van der Waals surface area contributed by atoms with E-state index < -0.39 is 0 Å². The van der Waals surface area contributed by atoms with Crippen LogP contribution in [0.4, 0.5) is 0 Å². The molecule has 16 heavy (non-hydrogen) atoms. The molecule has 0 fully saturated rings. The first-order valence-electron chi connectivity index (χ1n) is 5.09. The summed E-state index contributed by atoms with van der Waals surface area (Å²) in [5.74, 6) is 0.651. The second-order valence-corrected chi connectivity index (χ2v) is 4.51. The van der Waals surface area contributed by atoms with Gasteiger partial charge >= 0.3 is 0 Å². The van der Waals surface area contributed by atoms with E-state index in [-0.39, 0.29) is 6.04 Å². The molecule has 1 unspecified atom stereocenters. The lowest BCUT2D eigenvalue weighted by Gasteiger charge is -2.03. The highest BCUT2D eigenvalue weighted by Crippen LogP contribution is 2.23. The Morgan fingerprint density at radius 3 is 2.94 bits per heavy atom. The number of rotatable bonds is 3. The number of hydrogen-bond acceptors (Lipinski definition) is 3.